The standard InChI is InChI=1S/C13H24N2O/c1-10(2)12(16)14-6-5-13(7-14)8-15(9-13)11(3)4/h10-11H,5-9H2,1-4H3. The molecule has 2 aliphatic rings. The summed E-state index contributed by atoms with van der Waals surface area (Å²) in [5, 5.41) is 0. The molecule has 0 atom stereocenters. The second-order valence-corrected chi connectivity index (χ2v) is 6.16. The molecule has 0 N–H and O–H groups in total. The summed E-state index contributed by atoms with van der Waals surface area (Å²) in [4.78, 5) is 16.5. The van der Waals surface area contributed by atoms with Gasteiger partial charge in [-0.1, -0.05) is 13.8 Å². The van der Waals surface area contributed by atoms with E-state index in [1.165, 1.54) is 19.5 Å². The van der Waals surface area contributed by atoms with E-state index in [-0.39, 0.29) is 5.92 Å². The number of amides is 1. The van der Waals surface area contributed by atoms with E-state index >= 15 is 0 Å². The van der Waals surface area contributed by atoms with Crippen LogP contribution in [0.25, 0.3) is 0 Å². The first-order valence-corrected chi connectivity index (χ1v) is 6.46. The Labute approximate surface area is 98.8 Å². The van der Waals surface area contributed by atoms with E-state index in [4.69, 9.17) is 0 Å². The molecule has 16 heavy (non-hydrogen) atoms. The largest absolute Gasteiger partial charge is 0.342 e. The summed E-state index contributed by atoms with van der Waals surface area (Å²) in [6.07, 6.45) is 1.20. The number of rotatable bonds is 2. The molecule has 0 bridgehead atoms. The van der Waals surface area contributed by atoms with Crippen molar-refractivity contribution in [2.45, 2.75) is 40.2 Å². The highest BCUT2D eigenvalue weighted by atomic mass is 16.2. The Bertz CT molecular complexity index is 280. The molecule has 2 heterocycles. The Kier molecular flexibility index (Phi) is 2.99. The van der Waals surface area contributed by atoms with E-state index in [1.807, 2.05) is 13.8 Å². The Balaban J connectivity index is 1.88. The van der Waals surface area contributed by atoms with Crippen LogP contribution in [0.4, 0.5) is 0 Å². The summed E-state index contributed by atoms with van der Waals surface area (Å²) in [6, 6.07) is 0.653. The number of hydrogen-bond donors (Lipinski definition) is 0. The molecular formula is C13H24N2O. The van der Waals surface area contributed by atoms with Crippen LogP contribution in [0.15, 0.2) is 0 Å². The lowest BCUT2D eigenvalue weighted by Crippen LogP contribution is -2.59. The van der Waals surface area contributed by atoms with Crippen LogP contribution < -0.4 is 0 Å². The van der Waals surface area contributed by atoms with E-state index in [0.29, 0.717) is 17.4 Å². The lowest BCUT2D eigenvalue weighted by molar-refractivity contribution is -0.134. The van der Waals surface area contributed by atoms with Crippen molar-refractivity contribution in [3.8, 4) is 0 Å². The van der Waals surface area contributed by atoms with Crippen molar-refractivity contribution < 1.29 is 4.79 Å². The third kappa shape index (κ3) is 1.97. The van der Waals surface area contributed by atoms with E-state index in [1.54, 1.807) is 0 Å². The topological polar surface area (TPSA) is 23.6 Å². The quantitative estimate of drug-likeness (QED) is 0.711. The summed E-state index contributed by atoms with van der Waals surface area (Å²) in [7, 11) is 0. The average molecular weight is 224 g/mol. The van der Waals surface area contributed by atoms with Gasteiger partial charge in [-0.2, -0.15) is 0 Å². The van der Waals surface area contributed by atoms with E-state index in [9.17, 15) is 4.79 Å². The van der Waals surface area contributed by atoms with Crippen LogP contribution in [0.5, 0.6) is 0 Å². The van der Waals surface area contributed by atoms with Crippen molar-refractivity contribution >= 4 is 5.91 Å². The fourth-order valence-corrected chi connectivity index (χ4v) is 2.93. The highest BCUT2D eigenvalue weighted by Gasteiger charge is 2.49. The van der Waals surface area contributed by atoms with Gasteiger partial charge in [0.1, 0.15) is 0 Å². The Morgan fingerprint density at radius 3 is 2.25 bits per heavy atom. The maximum absolute atomic E-state index is 11.9. The van der Waals surface area contributed by atoms with Gasteiger partial charge >= 0.3 is 0 Å². The van der Waals surface area contributed by atoms with Crippen LogP contribution in [0, 0.1) is 11.3 Å². The van der Waals surface area contributed by atoms with Crippen LogP contribution in [0.3, 0.4) is 0 Å². The van der Waals surface area contributed by atoms with E-state index in [2.05, 4.69) is 23.6 Å². The van der Waals surface area contributed by atoms with Gasteiger partial charge in [0.15, 0.2) is 0 Å². The van der Waals surface area contributed by atoms with Crippen LogP contribution in [0.1, 0.15) is 34.1 Å². The molecule has 0 aromatic rings. The minimum atomic E-state index is 0.149. The molecule has 3 heteroatoms. The van der Waals surface area contributed by atoms with Crippen LogP contribution >= 0.6 is 0 Å². The molecule has 2 fully saturated rings. The maximum atomic E-state index is 11.9. The molecule has 2 rings (SSSR count). The zero-order chi connectivity index (χ0) is 11.9. The third-order valence-corrected chi connectivity index (χ3v) is 4.05. The summed E-state index contributed by atoms with van der Waals surface area (Å²) < 4.78 is 0. The van der Waals surface area contributed by atoms with Crippen molar-refractivity contribution in [3.05, 3.63) is 0 Å². The van der Waals surface area contributed by atoms with Gasteiger partial charge in [0.05, 0.1) is 0 Å². The second-order valence-electron chi connectivity index (χ2n) is 6.16. The first-order chi connectivity index (χ1) is 7.43. The lowest BCUT2D eigenvalue weighted by Gasteiger charge is -2.50. The van der Waals surface area contributed by atoms with E-state index < -0.39 is 0 Å². The number of nitrogens with zero attached hydrogens (tertiary/aromatic N) is 2. The van der Waals surface area contributed by atoms with Gasteiger partial charge in [-0.15, -0.1) is 0 Å². The Morgan fingerprint density at radius 1 is 1.12 bits per heavy atom. The molecule has 0 unspecified atom stereocenters. The van der Waals surface area contributed by atoms with Crippen molar-refractivity contribution in [2.75, 3.05) is 26.2 Å². The van der Waals surface area contributed by atoms with Gasteiger partial charge in [0.2, 0.25) is 5.91 Å². The van der Waals surface area contributed by atoms with Gasteiger partial charge in [-0.3, -0.25) is 9.69 Å². The summed E-state index contributed by atoms with van der Waals surface area (Å²) in [5.74, 6) is 0.483. The number of carbonyl (C=O) groups excluding carboxylic acids is 1. The smallest absolute Gasteiger partial charge is 0.225 e. The van der Waals surface area contributed by atoms with Gasteiger partial charge in [-0.05, 0) is 20.3 Å². The molecule has 0 aliphatic carbocycles. The van der Waals surface area contributed by atoms with Gasteiger partial charge < -0.3 is 4.90 Å². The molecule has 0 saturated carbocycles. The first kappa shape index (κ1) is 11.9. The molecule has 2 aliphatic heterocycles. The molecule has 92 valence electrons. The minimum Gasteiger partial charge on any atom is -0.342 e. The summed E-state index contributed by atoms with van der Waals surface area (Å²) in [6.45, 7) is 12.8. The maximum Gasteiger partial charge on any atom is 0.225 e. The zero-order valence-electron chi connectivity index (χ0n) is 11.0. The van der Waals surface area contributed by atoms with Crippen molar-refractivity contribution in [2.24, 2.45) is 11.3 Å². The fraction of sp³-hybridized carbons (Fsp3) is 0.923. The zero-order valence-corrected chi connectivity index (χ0v) is 11.0. The highest BCUT2D eigenvalue weighted by molar-refractivity contribution is 5.78. The van der Waals surface area contributed by atoms with E-state index in [0.717, 1.165) is 13.1 Å². The lowest BCUT2D eigenvalue weighted by atomic mass is 9.78. The third-order valence-electron chi connectivity index (χ3n) is 4.05. The number of hydrogen-bond acceptors (Lipinski definition) is 2. The SMILES string of the molecule is CC(C)C(=O)N1CCC2(C1)CN(C(C)C)C2. The minimum absolute atomic E-state index is 0.149. The van der Waals surface area contributed by atoms with Gasteiger partial charge in [0.25, 0.3) is 0 Å². The number of carbonyl (C=O) groups is 1. The predicted molar refractivity (Wildman–Crippen MR) is 65.2 cm³/mol. The molecule has 1 spiro atoms. The molecule has 1 amide bonds. The van der Waals surface area contributed by atoms with Crippen molar-refractivity contribution in [3.63, 3.8) is 0 Å². The molecule has 2 saturated heterocycles. The summed E-state index contributed by atoms with van der Waals surface area (Å²) in [5.41, 5.74) is 0.439. The van der Waals surface area contributed by atoms with Crippen LogP contribution in [-0.4, -0.2) is 47.9 Å². The highest BCUT2D eigenvalue weighted by Crippen LogP contribution is 2.40. The van der Waals surface area contributed by atoms with Crippen molar-refractivity contribution in [1.29, 1.82) is 0 Å². The monoisotopic (exact) mass is 224 g/mol. The Morgan fingerprint density at radius 2 is 1.75 bits per heavy atom. The van der Waals surface area contributed by atoms with Crippen LogP contribution in [0.2, 0.25) is 0 Å². The average Bonchev–Trinajstić information content (AvgIpc) is 2.58. The van der Waals surface area contributed by atoms with Crippen LogP contribution in [-0.2, 0) is 4.79 Å². The van der Waals surface area contributed by atoms with Crippen molar-refractivity contribution in [1.82, 2.24) is 9.80 Å². The second kappa shape index (κ2) is 4.02. The molecule has 3 nitrogen and oxygen atoms in total. The summed E-state index contributed by atoms with van der Waals surface area (Å²) >= 11 is 0. The Hall–Kier alpha value is -0.570. The normalized spacial score (nSPS) is 24.5. The fourth-order valence-electron chi connectivity index (χ4n) is 2.93. The molecule has 0 aromatic carbocycles. The first-order valence-electron chi connectivity index (χ1n) is 6.46. The molecule has 0 radical (unpaired) electrons. The predicted octanol–water partition coefficient (Wildman–Crippen LogP) is 1.59. The molecule has 0 aromatic heterocycles. The molecular weight excluding hydrogens is 200 g/mol. The number of likely N-dealkylation sites (tertiary alicyclic amines) is 2. The van der Waals surface area contributed by atoms with Gasteiger partial charge in [0, 0.05) is 43.6 Å². The van der Waals surface area contributed by atoms with Gasteiger partial charge in [-0.25, -0.2) is 0 Å².